The van der Waals surface area contributed by atoms with Crippen LogP contribution >= 0.6 is 24.0 Å². The van der Waals surface area contributed by atoms with Crippen molar-refractivity contribution in [3.8, 4) is 0 Å². The zero-order valence-corrected chi connectivity index (χ0v) is 16.1. The number of hydrazone groups is 1. The highest BCUT2D eigenvalue weighted by atomic mass is 35.5. The molecule has 8 heteroatoms. The zero-order chi connectivity index (χ0) is 16.9. The summed E-state index contributed by atoms with van der Waals surface area (Å²) in [6.45, 7) is 5.11. The number of nitrogens with zero attached hydrogens (tertiary/aromatic N) is 2. The fraction of sp³-hybridized carbons (Fsp3) is 0.333. The molecule has 1 heterocycles. The second kappa shape index (κ2) is 10.4. The Morgan fingerprint density at radius 1 is 1.19 bits per heavy atom. The summed E-state index contributed by atoms with van der Waals surface area (Å²) in [5, 5.41) is 6.96. The normalized spacial score (nSPS) is 15.1. The third-order valence-electron chi connectivity index (χ3n) is 4.08. The minimum absolute atomic E-state index is 0. The molecule has 2 aromatic rings. The third-order valence-corrected chi connectivity index (χ3v) is 4.41. The maximum absolute atomic E-state index is 12.0. The first-order chi connectivity index (χ1) is 11.6. The number of ether oxygens (including phenoxy) is 1. The number of benzene rings is 2. The Balaban J connectivity index is 0.00000169. The highest BCUT2D eigenvalue weighted by Gasteiger charge is 2.14. The fourth-order valence-electron chi connectivity index (χ4n) is 2.78. The van der Waals surface area contributed by atoms with Gasteiger partial charge in [-0.05, 0) is 18.4 Å². The molecule has 0 aliphatic carbocycles. The molecule has 1 amide bonds. The number of nitrogens with one attached hydrogen (secondary N) is 1. The summed E-state index contributed by atoms with van der Waals surface area (Å²) in [6.07, 6.45) is 0. The predicted molar refractivity (Wildman–Crippen MR) is 107 cm³/mol. The molecule has 1 saturated heterocycles. The van der Waals surface area contributed by atoms with E-state index in [1.807, 2.05) is 43.3 Å². The molecule has 3 rings (SSSR count). The van der Waals surface area contributed by atoms with Crippen molar-refractivity contribution < 1.29 is 15.0 Å². The van der Waals surface area contributed by atoms with Gasteiger partial charge in [0.1, 0.15) is 0 Å². The van der Waals surface area contributed by atoms with Crippen molar-refractivity contribution in [2.45, 2.75) is 6.92 Å². The van der Waals surface area contributed by atoms with Crippen molar-refractivity contribution in [2.24, 2.45) is 5.10 Å². The van der Waals surface area contributed by atoms with Crippen molar-refractivity contribution in [3.05, 3.63) is 47.0 Å². The van der Waals surface area contributed by atoms with Gasteiger partial charge in [-0.15, -0.1) is 12.4 Å². The zero-order valence-electron chi connectivity index (χ0n) is 14.5. The minimum Gasteiger partial charge on any atom is -0.412 e. The molecular formula is C18H23Cl2N3O3. The topological polar surface area (TPSA) is 85.4 Å². The lowest BCUT2D eigenvalue weighted by Gasteiger charge is -2.25. The Hall–Kier alpha value is -1.70. The van der Waals surface area contributed by atoms with E-state index in [4.69, 9.17) is 16.3 Å². The maximum Gasteiger partial charge on any atom is 0.254 e. The van der Waals surface area contributed by atoms with Crippen molar-refractivity contribution in [1.82, 2.24) is 10.3 Å². The SMILES string of the molecule is C/C(=N\NC(=O)CN1CCOCC1)c1ccc(Cl)c2ccccc12.Cl.O. The lowest BCUT2D eigenvalue weighted by molar-refractivity contribution is -0.123. The van der Waals surface area contributed by atoms with Gasteiger partial charge in [-0.25, -0.2) is 5.43 Å². The van der Waals surface area contributed by atoms with Crippen molar-refractivity contribution in [1.29, 1.82) is 0 Å². The third kappa shape index (κ3) is 5.40. The molecule has 142 valence electrons. The Labute approximate surface area is 163 Å². The van der Waals surface area contributed by atoms with Crippen LogP contribution in [0.3, 0.4) is 0 Å². The fourth-order valence-corrected chi connectivity index (χ4v) is 3.01. The molecule has 1 aliphatic heterocycles. The number of hydrogen-bond acceptors (Lipinski definition) is 4. The molecule has 2 aromatic carbocycles. The van der Waals surface area contributed by atoms with Crippen molar-refractivity contribution in [2.75, 3.05) is 32.8 Å². The van der Waals surface area contributed by atoms with E-state index in [-0.39, 0.29) is 23.8 Å². The molecule has 3 N–H and O–H groups in total. The Bertz CT molecular complexity index is 777. The molecule has 0 atom stereocenters. The van der Waals surface area contributed by atoms with Gasteiger partial charge >= 0.3 is 0 Å². The molecular weight excluding hydrogens is 377 g/mol. The van der Waals surface area contributed by atoms with Crippen molar-refractivity contribution >= 4 is 46.4 Å². The van der Waals surface area contributed by atoms with Crippen LogP contribution in [-0.4, -0.2) is 54.8 Å². The van der Waals surface area contributed by atoms with Crippen LogP contribution in [0.5, 0.6) is 0 Å². The first-order valence-corrected chi connectivity index (χ1v) is 8.34. The summed E-state index contributed by atoms with van der Waals surface area (Å²) in [7, 11) is 0. The highest BCUT2D eigenvalue weighted by Crippen LogP contribution is 2.26. The van der Waals surface area contributed by atoms with E-state index < -0.39 is 0 Å². The molecule has 0 bridgehead atoms. The monoisotopic (exact) mass is 399 g/mol. The summed E-state index contributed by atoms with van der Waals surface area (Å²) < 4.78 is 5.28. The number of amides is 1. The van der Waals surface area contributed by atoms with Gasteiger partial charge in [-0.1, -0.05) is 41.9 Å². The number of carbonyl (C=O) groups is 1. The molecule has 0 radical (unpaired) electrons. The Morgan fingerprint density at radius 2 is 1.85 bits per heavy atom. The molecule has 1 aliphatic rings. The van der Waals surface area contributed by atoms with E-state index >= 15 is 0 Å². The first kappa shape index (κ1) is 22.3. The number of halogens is 2. The van der Waals surface area contributed by atoms with Gasteiger partial charge in [-0.3, -0.25) is 9.69 Å². The minimum atomic E-state index is -0.116. The van der Waals surface area contributed by atoms with Crippen LogP contribution in [0.4, 0.5) is 0 Å². The second-order valence-corrected chi connectivity index (χ2v) is 6.17. The van der Waals surface area contributed by atoms with Crippen LogP contribution in [0, 0.1) is 0 Å². The number of carbonyl (C=O) groups excluding carboxylic acids is 1. The number of morpholine rings is 1. The smallest absolute Gasteiger partial charge is 0.254 e. The average molecular weight is 400 g/mol. The van der Waals surface area contributed by atoms with E-state index in [9.17, 15) is 4.79 Å². The van der Waals surface area contributed by atoms with E-state index in [0.29, 0.717) is 24.8 Å². The van der Waals surface area contributed by atoms with Crippen LogP contribution in [0.25, 0.3) is 10.8 Å². The van der Waals surface area contributed by atoms with Crippen LogP contribution in [0.1, 0.15) is 12.5 Å². The van der Waals surface area contributed by atoms with Gasteiger partial charge in [0.15, 0.2) is 0 Å². The van der Waals surface area contributed by atoms with E-state index in [1.54, 1.807) is 0 Å². The highest BCUT2D eigenvalue weighted by molar-refractivity contribution is 6.36. The quantitative estimate of drug-likeness (QED) is 0.631. The lowest BCUT2D eigenvalue weighted by Crippen LogP contribution is -2.42. The Kier molecular flexibility index (Phi) is 8.98. The molecule has 0 aromatic heterocycles. The van der Waals surface area contributed by atoms with Crippen molar-refractivity contribution in [3.63, 3.8) is 0 Å². The number of hydrogen-bond donors (Lipinski definition) is 1. The average Bonchev–Trinajstić information content (AvgIpc) is 2.61. The van der Waals surface area contributed by atoms with E-state index in [2.05, 4.69) is 15.4 Å². The van der Waals surface area contributed by atoms with E-state index in [1.165, 1.54) is 0 Å². The number of fused-ring (bicyclic) bond motifs is 1. The van der Waals surface area contributed by atoms with Gasteiger partial charge in [-0.2, -0.15) is 5.10 Å². The molecule has 26 heavy (non-hydrogen) atoms. The molecule has 0 spiro atoms. The lowest BCUT2D eigenvalue weighted by atomic mass is 10.0. The number of rotatable bonds is 4. The van der Waals surface area contributed by atoms with Crippen LogP contribution in [0.2, 0.25) is 5.02 Å². The van der Waals surface area contributed by atoms with Crippen LogP contribution in [-0.2, 0) is 9.53 Å². The predicted octanol–water partition coefficient (Wildman–Crippen LogP) is 2.26. The first-order valence-electron chi connectivity index (χ1n) is 7.96. The standard InChI is InChI=1S/C18H20ClN3O2.ClH.H2O/c1-13(20-21-18(23)12-22-8-10-24-11-9-22)14-6-7-17(19)16-5-3-2-4-15(14)16;;/h2-7H,8-12H2,1H3,(H,21,23);1H;1H2/b20-13+;;. The summed E-state index contributed by atoms with van der Waals surface area (Å²) >= 11 is 6.24. The van der Waals surface area contributed by atoms with Gasteiger partial charge in [0.25, 0.3) is 5.91 Å². The van der Waals surface area contributed by atoms with Crippen LogP contribution < -0.4 is 5.43 Å². The van der Waals surface area contributed by atoms with Crippen LogP contribution in [0.15, 0.2) is 41.5 Å². The molecule has 0 unspecified atom stereocenters. The van der Waals surface area contributed by atoms with Gasteiger partial charge in [0, 0.05) is 29.1 Å². The summed E-state index contributed by atoms with van der Waals surface area (Å²) in [6, 6.07) is 11.7. The second-order valence-electron chi connectivity index (χ2n) is 5.76. The summed E-state index contributed by atoms with van der Waals surface area (Å²) in [5.41, 5.74) is 4.35. The van der Waals surface area contributed by atoms with E-state index in [0.717, 1.165) is 35.1 Å². The molecule has 0 saturated carbocycles. The van der Waals surface area contributed by atoms with Gasteiger partial charge in [0.05, 0.1) is 25.5 Å². The summed E-state index contributed by atoms with van der Waals surface area (Å²) in [5.74, 6) is -0.116. The Morgan fingerprint density at radius 3 is 2.54 bits per heavy atom. The maximum atomic E-state index is 12.0. The molecule has 6 nitrogen and oxygen atoms in total. The van der Waals surface area contributed by atoms with Gasteiger partial charge < -0.3 is 10.2 Å². The largest absolute Gasteiger partial charge is 0.412 e. The molecule has 1 fully saturated rings. The van der Waals surface area contributed by atoms with Gasteiger partial charge in [0.2, 0.25) is 0 Å². The summed E-state index contributed by atoms with van der Waals surface area (Å²) in [4.78, 5) is 14.1.